The van der Waals surface area contributed by atoms with Gasteiger partial charge in [-0.15, -0.1) is 0 Å². The molecule has 2 rings (SSSR count). The Labute approximate surface area is 118 Å². The highest BCUT2D eigenvalue weighted by molar-refractivity contribution is 5.69. The van der Waals surface area contributed by atoms with Gasteiger partial charge in [-0.2, -0.15) is 0 Å². The lowest BCUT2D eigenvalue weighted by molar-refractivity contribution is -0.0711. The lowest BCUT2D eigenvalue weighted by atomic mass is 9.97. The zero-order valence-electron chi connectivity index (χ0n) is 12.3. The fourth-order valence-corrected chi connectivity index (χ4v) is 2.07. The van der Waals surface area contributed by atoms with E-state index in [9.17, 15) is 9.18 Å². The number of halogens is 1. The number of benzene rings is 1. The predicted molar refractivity (Wildman–Crippen MR) is 73.2 cm³/mol. The maximum Gasteiger partial charge on any atom is 0.410 e. The molecule has 0 spiro atoms. The van der Waals surface area contributed by atoms with Gasteiger partial charge in [-0.25, -0.2) is 9.18 Å². The molecule has 0 aliphatic carbocycles. The van der Waals surface area contributed by atoms with E-state index in [0.717, 1.165) is 0 Å². The number of hydrogen-bond donors (Lipinski definition) is 0. The quantitative estimate of drug-likeness (QED) is 0.835. The van der Waals surface area contributed by atoms with E-state index in [1.807, 2.05) is 27.7 Å². The van der Waals surface area contributed by atoms with Crippen LogP contribution >= 0.6 is 0 Å². The Hall–Kier alpha value is -1.78. The first-order valence-electron chi connectivity index (χ1n) is 6.59. The highest BCUT2D eigenvalue weighted by Crippen LogP contribution is 2.28. The van der Waals surface area contributed by atoms with E-state index in [1.165, 1.54) is 12.1 Å². The van der Waals surface area contributed by atoms with E-state index in [2.05, 4.69) is 0 Å². The summed E-state index contributed by atoms with van der Waals surface area (Å²) in [5.41, 5.74) is -0.949. The molecule has 0 N–H and O–H groups in total. The van der Waals surface area contributed by atoms with Gasteiger partial charge in [0.2, 0.25) is 0 Å². The third kappa shape index (κ3) is 3.62. The van der Waals surface area contributed by atoms with E-state index >= 15 is 0 Å². The maximum absolute atomic E-state index is 12.8. The van der Waals surface area contributed by atoms with E-state index in [0.29, 0.717) is 18.8 Å². The molecule has 1 aromatic carbocycles. The number of nitrogens with zero attached hydrogens (tertiary/aromatic N) is 1. The molecule has 20 heavy (non-hydrogen) atoms. The summed E-state index contributed by atoms with van der Waals surface area (Å²) in [7, 11) is 0. The Morgan fingerprint density at radius 1 is 1.25 bits per heavy atom. The molecule has 1 aromatic rings. The van der Waals surface area contributed by atoms with Gasteiger partial charge in [0.05, 0.1) is 13.1 Å². The van der Waals surface area contributed by atoms with Gasteiger partial charge < -0.3 is 14.4 Å². The number of likely N-dealkylation sites (tertiary alicyclic amines) is 1. The monoisotopic (exact) mass is 281 g/mol. The molecule has 4 nitrogen and oxygen atoms in total. The molecule has 0 unspecified atom stereocenters. The van der Waals surface area contributed by atoms with Crippen LogP contribution in [0.1, 0.15) is 27.7 Å². The van der Waals surface area contributed by atoms with Crippen LogP contribution in [-0.4, -0.2) is 35.3 Å². The van der Waals surface area contributed by atoms with Gasteiger partial charge in [0.15, 0.2) is 0 Å². The molecule has 0 bridgehead atoms. The molecule has 5 heteroatoms. The first-order chi connectivity index (χ1) is 9.17. The van der Waals surface area contributed by atoms with Gasteiger partial charge in [0.25, 0.3) is 0 Å². The van der Waals surface area contributed by atoms with Crippen molar-refractivity contribution in [2.24, 2.45) is 0 Å². The minimum absolute atomic E-state index is 0.300. The normalized spacial score (nSPS) is 17.4. The first-order valence-corrected chi connectivity index (χ1v) is 6.59. The number of hydrogen-bond acceptors (Lipinski definition) is 3. The van der Waals surface area contributed by atoms with Gasteiger partial charge in [0.1, 0.15) is 22.8 Å². The van der Waals surface area contributed by atoms with Gasteiger partial charge in [0, 0.05) is 0 Å². The molecule has 1 aliphatic heterocycles. The third-order valence-electron chi connectivity index (χ3n) is 2.88. The molecule has 1 aliphatic rings. The van der Waals surface area contributed by atoms with Crippen LogP contribution in [0.15, 0.2) is 24.3 Å². The Morgan fingerprint density at radius 3 is 2.30 bits per heavy atom. The van der Waals surface area contributed by atoms with Crippen molar-refractivity contribution >= 4 is 6.09 Å². The van der Waals surface area contributed by atoms with Crippen LogP contribution in [0.2, 0.25) is 0 Å². The van der Waals surface area contributed by atoms with Crippen molar-refractivity contribution in [3.05, 3.63) is 30.1 Å². The standard InChI is InChI=1S/C15H20FNO3/c1-14(2,3)20-13(18)17-9-15(4,10-17)19-12-7-5-11(16)6-8-12/h5-8H,9-10H2,1-4H3. The summed E-state index contributed by atoms with van der Waals surface area (Å²) in [6.45, 7) is 8.33. The Kier molecular flexibility index (Phi) is 3.63. The average Bonchev–Trinajstić information content (AvgIpc) is 2.26. The van der Waals surface area contributed by atoms with E-state index in [-0.39, 0.29) is 11.9 Å². The summed E-state index contributed by atoms with van der Waals surface area (Å²) in [4.78, 5) is 13.4. The summed E-state index contributed by atoms with van der Waals surface area (Å²) in [6.07, 6.45) is -0.335. The Bertz CT molecular complexity index is 487. The summed E-state index contributed by atoms with van der Waals surface area (Å²) in [6, 6.07) is 5.86. The molecule has 1 saturated heterocycles. The molecule has 1 heterocycles. The average molecular weight is 281 g/mol. The largest absolute Gasteiger partial charge is 0.484 e. The van der Waals surface area contributed by atoms with E-state index < -0.39 is 11.2 Å². The van der Waals surface area contributed by atoms with Crippen molar-refractivity contribution in [1.29, 1.82) is 0 Å². The molecule has 0 radical (unpaired) electrons. The van der Waals surface area contributed by atoms with Gasteiger partial charge >= 0.3 is 6.09 Å². The zero-order chi connectivity index (χ0) is 15.0. The number of rotatable bonds is 2. The summed E-state index contributed by atoms with van der Waals surface area (Å²) in [5.74, 6) is 0.296. The second kappa shape index (κ2) is 4.96. The molecule has 1 fully saturated rings. The smallest absolute Gasteiger partial charge is 0.410 e. The Balaban J connectivity index is 1.87. The van der Waals surface area contributed by atoms with Crippen molar-refractivity contribution in [3.8, 4) is 5.75 Å². The van der Waals surface area contributed by atoms with Crippen LogP contribution in [0.3, 0.4) is 0 Å². The van der Waals surface area contributed by atoms with E-state index in [4.69, 9.17) is 9.47 Å². The van der Waals surface area contributed by atoms with Crippen LogP contribution in [0.5, 0.6) is 5.75 Å². The van der Waals surface area contributed by atoms with Crippen molar-refractivity contribution in [2.45, 2.75) is 38.9 Å². The summed E-state index contributed by atoms with van der Waals surface area (Å²) >= 11 is 0. The number of carbonyl (C=O) groups excluding carboxylic acids is 1. The van der Waals surface area contributed by atoms with Crippen molar-refractivity contribution in [2.75, 3.05) is 13.1 Å². The van der Waals surface area contributed by atoms with Gasteiger partial charge in [-0.05, 0) is 52.0 Å². The van der Waals surface area contributed by atoms with Crippen LogP contribution in [-0.2, 0) is 4.74 Å². The van der Waals surface area contributed by atoms with Crippen molar-refractivity contribution in [1.82, 2.24) is 4.90 Å². The molecule has 1 amide bonds. The number of carbonyl (C=O) groups is 1. The Morgan fingerprint density at radius 2 is 1.80 bits per heavy atom. The maximum atomic E-state index is 12.8. The van der Waals surface area contributed by atoms with Gasteiger partial charge in [-0.3, -0.25) is 0 Å². The van der Waals surface area contributed by atoms with Crippen LogP contribution in [0.25, 0.3) is 0 Å². The van der Waals surface area contributed by atoms with Crippen LogP contribution < -0.4 is 4.74 Å². The van der Waals surface area contributed by atoms with Crippen molar-refractivity contribution in [3.63, 3.8) is 0 Å². The zero-order valence-corrected chi connectivity index (χ0v) is 12.3. The third-order valence-corrected chi connectivity index (χ3v) is 2.88. The fourth-order valence-electron chi connectivity index (χ4n) is 2.07. The van der Waals surface area contributed by atoms with Crippen LogP contribution in [0.4, 0.5) is 9.18 Å². The van der Waals surface area contributed by atoms with E-state index in [1.54, 1.807) is 17.0 Å². The first kappa shape index (κ1) is 14.6. The molecule has 0 saturated carbocycles. The fraction of sp³-hybridized carbons (Fsp3) is 0.533. The molecular formula is C15H20FNO3. The number of amides is 1. The lowest BCUT2D eigenvalue weighted by Crippen LogP contribution is -2.65. The minimum Gasteiger partial charge on any atom is -0.484 e. The number of ether oxygens (including phenoxy) is 2. The van der Waals surface area contributed by atoms with Crippen LogP contribution in [0, 0.1) is 5.82 Å². The summed E-state index contributed by atoms with van der Waals surface area (Å²) in [5, 5.41) is 0. The molecular weight excluding hydrogens is 261 g/mol. The van der Waals surface area contributed by atoms with Gasteiger partial charge in [-0.1, -0.05) is 0 Å². The predicted octanol–water partition coefficient (Wildman–Crippen LogP) is 3.21. The van der Waals surface area contributed by atoms with Crippen molar-refractivity contribution < 1.29 is 18.7 Å². The second-order valence-electron chi connectivity index (χ2n) is 6.34. The topological polar surface area (TPSA) is 38.8 Å². The molecule has 0 aromatic heterocycles. The lowest BCUT2D eigenvalue weighted by Gasteiger charge is -2.47. The second-order valence-corrected chi connectivity index (χ2v) is 6.34. The highest BCUT2D eigenvalue weighted by atomic mass is 19.1. The summed E-state index contributed by atoms with van der Waals surface area (Å²) < 4.78 is 23.9. The minimum atomic E-state index is -0.499. The SMILES string of the molecule is CC(C)(C)OC(=O)N1CC(C)(Oc2ccc(F)cc2)C1. The molecule has 0 atom stereocenters. The molecule has 110 valence electrons. The highest BCUT2D eigenvalue weighted by Gasteiger charge is 2.45.